The second kappa shape index (κ2) is 7.89. The zero-order valence-corrected chi connectivity index (χ0v) is 17.7. The van der Waals surface area contributed by atoms with Crippen LogP contribution in [-0.2, 0) is 23.2 Å². The Hall–Kier alpha value is -4.06. The molecular formula is C20H17N7O4S. The standard InChI is InChI=1S/C20H17N7O4S/c1-26-19(30)17-13(7-9-32-17)27-14(23-25-20(26)27)10-31-15(28)6-8-21-18(29)16-11-4-2-3-5-12(11)22-24-16/h2-5,7,9H,6,8,10H2,1H3,(H,21,29)(H,22,24). The summed E-state index contributed by atoms with van der Waals surface area (Å²) in [7, 11) is 1.62. The van der Waals surface area contributed by atoms with Crippen LogP contribution in [0.2, 0.25) is 0 Å². The van der Waals surface area contributed by atoms with Crippen LogP contribution in [0.5, 0.6) is 0 Å². The summed E-state index contributed by atoms with van der Waals surface area (Å²) in [6.45, 7) is -0.0101. The number of aromatic nitrogens is 6. The van der Waals surface area contributed by atoms with Gasteiger partial charge < -0.3 is 10.1 Å². The molecular weight excluding hydrogens is 434 g/mol. The maximum absolute atomic E-state index is 12.4. The van der Waals surface area contributed by atoms with Crippen molar-refractivity contribution in [1.29, 1.82) is 0 Å². The molecule has 12 heteroatoms. The Morgan fingerprint density at radius 3 is 2.94 bits per heavy atom. The van der Waals surface area contributed by atoms with Crippen molar-refractivity contribution in [3.63, 3.8) is 0 Å². The van der Waals surface area contributed by atoms with E-state index in [-0.39, 0.29) is 36.7 Å². The zero-order chi connectivity index (χ0) is 22.2. The Bertz CT molecular complexity index is 1540. The Labute approximate surface area is 183 Å². The third-order valence-electron chi connectivity index (χ3n) is 5.06. The van der Waals surface area contributed by atoms with Gasteiger partial charge in [-0.05, 0) is 17.5 Å². The van der Waals surface area contributed by atoms with Gasteiger partial charge in [-0.2, -0.15) is 5.10 Å². The summed E-state index contributed by atoms with van der Waals surface area (Å²) in [5, 5.41) is 20.1. The molecule has 1 amide bonds. The highest BCUT2D eigenvalue weighted by atomic mass is 32.1. The first kappa shape index (κ1) is 19.9. The number of fused-ring (bicyclic) bond motifs is 4. The lowest BCUT2D eigenvalue weighted by molar-refractivity contribution is -0.145. The number of aromatic amines is 1. The fourth-order valence-electron chi connectivity index (χ4n) is 3.46. The number of carbonyl (C=O) groups is 2. The van der Waals surface area contributed by atoms with Gasteiger partial charge in [-0.25, -0.2) is 0 Å². The van der Waals surface area contributed by atoms with Gasteiger partial charge in [0, 0.05) is 19.0 Å². The molecule has 0 atom stereocenters. The Kier molecular flexibility index (Phi) is 4.90. The van der Waals surface area contributed by atoms with E-state index in [9.17, 15) is 14.4 Å². The van der Waals surface area contributed by atoms with Crippen LogP contribution in [0.1, 0.15) is 22.7 Å². The summed E-state index contributed by atoms with van der Waals surface area (Å²) in [4.78, 5) is 36.9. The molecule has 0 aliphatic heterocycles. The van der Waals surface area contributed by atoms with Gasteiger partial charge in [0.2, 0.25) is 5.78 Å². The lowest BCUT2D eigenvalue weighted by Crippen LogP contribution is -2.27. The number of amides is 1. The van der Waals surface area contributed by atoms with Crippen LogP contribution in [0, 0.1) is 0 Å². The van der Waals surface area contributed by atoms with Crippen LogP contribution >= 0.6 is 11.3 Å². The predicted molar refractivity (Wildman–Crippen MR) is 116 cm³/mol. The van der Waals surface area contributed by atoms with E-state index < -0.39 is 5.97 Å². The molecule has 0 saturated heterocycles. The molecule has 11 nitrogen and oxygen atoms in total. The average molecular weight is 451 g/mol. The molecule has 0 fully saturated rings. The number of nitrogens with one attached hydrogen (secondary N) is 2. The minimum Gasteiger partial charge on any atom is -0.457 e. The number of thiophene rings is 1. The minimum atomic E-state index is -0.500. The van der Waals surface area contributed by atoms with Crippen LogP contribution in [0.15, 0.2) is 40.5 Å². The number of ether oxygens (including phenoxy) is 1. The fraction of sp³-hybridized carbons (Fsp3) is 0.200. The summed E-state index contributed by atoms with van der Waals surface area (Å²) in [5.74, 6) is -0.107. The highest BCUT2D eigenvalue weighted by Gasteiger charge is 2.17. The molecule has 162 valence electrons. The van der Waals surface area contributed by atoms with E-state index in [4.69, 9.17) is 4.74 Å². The predicted octanol–water partition coefficient (Wildman–Crippen LogP) is 1.38. The summed E-state index contributed by atoms with van der Waals surface area (Å²) >= 11 is 1.33. The largest absolute Gasteiger partial charge is 0.457 e. The lowest BCUT2D eigenvalue weighted by atomic mass is 10.2. The fourth-order valence-corrected chi connectivity index (χ4v) is 4.31. The molecule has 4 aromatic heterocycles. The van der Waals surface area contributed by atoms with Crippen molar-refractivity contribution >= 4 is 50.1 Å². The molecule has 4 heterocycles. The molecule has 0 radical (unpaired) electrons. The Morgan fingerprint density at radius 2 is 2.06 bits per heavy atom. The van der Waals surface area contributed by atoms with Gasteiger partial charge in [-0.15, -0.1) is 21.5 Å². The van der Waals surface area contributed by atoms with Gasteiger partial charge >= 0.3 is 5.97 Å². The first-order chi connectivity index (χ1) is 15.5. The van der Waals surface area contributed by atoms with Gasteiger partial charge in [-0.1, -0.05) is 18.2 Å². The van der Waals surface area contributed by atoms with Gasteiger partial charge in [-0.3, -0.25) is 28.5 Å². The number of esters is 1. The van der Waals surface area contributed by atoms with Crippen LogP contribution in [0.25, 0.3) is 26.9 Å². The van der Waals surface area contributed by atoms with E-state index in [0.29, 0.717) is 27.2 Å². The first-order valence-corrected chi connectivity index (χ1v) is 10.6. The van der Waals surface area contributed by atoms with E-state index in [1.54, 1.807) is 23.6 Å². The van der Waals surface area contributed by atoms with Crippen LogP contribution in [-0.4, -0.2) is 47.8 Å². The second-order valence-electron chi connectivity index (χ2n) is 7.04. The van der Waals surface area contributed by atoms with Crippen LogP contribution < -0.4 is 10.9 Å². The molecule has 0 unspecified atom stereocenters. The van der Waals surface area contributed by atoms with E-state index in [0.717, 1.165) is 5.52 Å². The van der Waals surface area contributed by atoms with Crippen molar-refractivity contribution in [3.05, 3.63) is 57.6 Å². The Morgan fingerprint density at radius 1 is 1.22 bits per heavy atom. The van der Waals surface area contributed by atoms with E-state index in [2.05, 4.69) is 25.7 Å². The Balaban J connectivity index is 1.22. The van der Waals surface area contributed by atoms with Crippen molar-refractivity contribution < 1.29 is 14.3 Å². The molecule has 5 aromatic rings. The van der Waals surface area contributed by atoms with Crippen molar-refractivity contribution in [2.75, 3.05) is 6.54 Å². The van der Waals surface area contributed by atoms with Crippen molar-refractivity contribution in [1.82, 2.24) is 34.7 Å². The van der Waals surface area contributed by atoms with Gasteiger partial charge in [0.15, 0.2) is 18.1 Å². The highest BCUT2D eigenvalue weighted by molar-refractivity contribution is 7.17. The molecule has 1 aromatic carbocycles. The zero-order valence-electron chi connectivity index (χ0n) is 16.9. The second-order valence-corrected chi connectivity index (χ2v) is 7.95. The number of H-pyrrole nitrogens is 1. The summed E-state index contributed by atoms with van der Waals surface area (Å²) in [6.07, 6.45) is -0.0167. The number of hydrogen-bond donors (Lipinski definition) is 2. The molecule has 5 rings (SSSR count). The van der Waals surface area contributed by atoms with E-state index >= 15 is 0 Å². The third-order valence-corrected chi connectivity index (χ3v) is 5.95. The number of hydrogen-bond acceptors (Lipinski definition) is 8. The molecule has 32 heavy (non-hydrogen) atoms. The van der Waals surface area contributed by atoms with Crippen molar-refractivity contribution in [2.45, 2.75) is 13.0 Å². The maximum atomic E-state index is 12.4. The summed E-state index contributed by atoms with van der Waals surface area (Å²) < 4.78 is 8.99. The number of nitrogens with zero attached hydrogens (tertiary/aromatic N) is 5. The van der Waals surface area contributed by atoms with Gasteiger partial charge in [0.1, 0.15) is 4.70 Å². The quantitative estimate of drug-likeness (QED) is 0.372. The van der Waals surface area contributed by atoms with Crippen LogP contribution in [0.4, 0.5) is 0 Å². The topological polar surface area (TPSA) is 136 Å². The average Bonchev–Trinajstić information content (AvgIpc) is 3.53. The number of carbonyl (C=O) groups excluding carboxylic acids is 2. The number of aryl methyl sites for hydroxylation is 1. The number of para-hydroxylation sites is 1. The van der Waals surface area contributed by atoms with Crippen LogP contribution in [0.3, 0.4) is 0 Å². The summed E-state index contributed by atoms with van der Waals surface area (Å²) in [5.41, 5.74) is 1.55. The number of benzene rings is 1. The molecule has 0 spiro atoms. The van der Waals surface area contributed by atoms with E-state index in [1.807, 2.05) is 23.6 Å². The highest BCUT2D eigenvalue weighted by Crippen LogP contribution is 2.19. The lowest BCUT2D eigenvalue weighted by Gasteiger charge is -2.07. The first-order valence-electron chi connectivity index (χ1n) is 9.71. The smallest absolute Gasteiger partial charge is 0.308 e. The SMILES string of the molecule is Cn1c(=O)c2sccc2n2c(COC(=O)CCNC(=O)c3n[nH]c4ccccc34)nnc12. The normalized spacial score (nSPS) is 11.4. The molecule has 0 aliphatic carbocycles. The maximum Gasteiger partial charge on any atom is 0.308 e. The van der Waals surface area contributed by atoms with Gasteiger partial charge in [0.25, 0.3) is 11.5 Å². The molecule has 0 bridgehead atoms. The third kappa shape index (κ3) is 3.30. The minimum absolute atomic E-state index is 0.0167. The van der Waals surface area contributed by atoms with Crippen molar-refractivity contribution in [2.24, 2.45) is 7.05 Å². The monoisotopic (exact) mass is 451 g/mol. The molecule has 0 aliphatic rings. The van der Waals surface area contributed by atoms with Gasteiger partial charge in [0.05, 0.1) is 17.5 Å². The number of rotatable bonds is 6. The summed E-state index contributed by atoms with van der Waals surface area (Å²) in [6, 6.07) is 9.09. The molecule has 0 saturated carbocycles. The van der Waals surface area contributed by atoms with Crippen molar-refractivity contribution in [3.8, 4) is 0 Å². The molecule has 2 N–H and O–H groups in total. The van der Waals surface area contributed by atoms with E-state index in [1.165, 1.54) is 15.9 Å².